The van der Waals surface area contributed by atoms with Crippen LogP contribution in [0.25, 0.3) is 21.8 Å². The molecule has 0 fully saturated rings. The summed E-state index contributed by atoms with van der Waals surface area (Å²) in [5, 5.41) is 4.32. The molecule has 0 bridgehead atoms. The van der Waals surface area contributed by atoms with Gasteiger partial charge in [-0.3, -0.25) is 9.59 Å². The van der Waals surface area contributed by atoms with Crippen LogP contribution in [0.1, 0.15) is 25.0 Å². The van der Waals surface area contributed by atoms with E-state index in [0.717, 1.165) is 46.6 Å². The van der Waals surface area contributed by atoms with Crippen LogP contribution >= 0.6 is 0 Å². The number of aryl methyl sites for hydroxylation is 2. The van der Waals surface area contributed by atoms with Crippen molar-refractivity contribution in [3.05, 3.63) is 82.0 Å². The zero-order chi connectivity index (χ0) is 22.8. The van der Waals surface area contributed by atoms with Gasteiger partial charge in [0, 0.05) is 35.2 Å². The number of fused-ring (bicyclic) bond motifs is 2. The van der Waals surface area contributed by atoms with Gasteiger partial charge in [-0.2, -0.15) is 0 Å². The number of para-hydroxylation sites is 1. The van der Waals surface area contributed by atoms with Crippen molar-refractivity contribution in [2.45, 2.75) is 34.2 Å². The Morgan fingerprint density at radius 3 is 2.34 bits per heavy atom. The van der Waals surface area contributed by atoms with Crippen LogP contribution in [0.2, 0.25) is 0 Å². The number of rotatable bonds is 6. The normalized spacial score (nSPS) is 11.1. The summed E-state index contributed by atoms with van der Waals surface area (Å²) in [4.78, 5) is 28.4. The van der Waals surface area contributed by atoms with E-state index < -0.39 is 0 Å². The van der Waals surface area contributed by atoms with Crippen molar-refractivity contribution in [1.82, 2.24) is 4.57 Å². The van der Waals surface area contributed by atoms with Gasteiger partial charge in [0.05, 0.1) is 11.0 Å². The molecule has 4 aromatic rings. The first-order valence-electron chi connectivity index (χ1n) is 11.1. The van der Waals surface area contributed by atoms with Crippen molar-refractivity contribution < 1.29 is 4.79 Å². The Kier molecular flexibility index (Phi) is 5.99. The van der Waals surface area contributed by atoms with Gasteiger partial charge in [0.1, 0.15) is 6.54 Å². The number of benzene rings is 3. The molecule has 1 N–H and O–H groups in total. The summed E-state index contributed by atoms with van der Waals surface area (Å²) in [5.74, 6) is -0.126. The predicted octanol–water partition coefficient (Wildman–Crippen LogP) is 5.26. The SMILES string of the molecule is CCN(CC)c1ccc(NC(=O)Cn2c3ccccc3c(=O)c3cc(C)ccc32)c(C)c1. The summed E-state index contributed by atoms with van der Waals surface area (Å²) < 4.78 is 1.93. The fourth-order valence-electron chi connectivity index (χ4n) is 4.32. The Morgan fingerprint density at radius 2 is 1.62 bits per heavy atom. The Balaban J connectivity index is 1.70. The van der Waals surface area contributed by atoms with Crippen LogP contribution in [0.5, 0.6) is 0 Å². The summed E-state index contributed by atoms with van der Waals surface area (Å²) in [5.41, 5.74) is 5.52. The predicted molar refractivity (Wildman–Crippen MR) is 134 cm³/mol. The summed E-state index contributed by atoms with van der Waals surface area (Å²) in [6.07, 6.45) is 0. The lowest BCUT2D eigenvalue weighted by Gasteiger charge is -2.22. The number of aromatic nitrogens is 1. The minimum atomic E-state index is -0.126. The van der Waals surface area contributed by atoms with E-state index >= 15 is 0 Å². The molecule has 5 heteroatoms. The van der Waals surface area contributed by atoms with Crippen LogP contribution in [0.4, 0.5) is 11.4 Å². The highest BCUT2D eigenvalue weighted by molar-refractivity contribution is 5.97. The van der Waals surface area contributed by atoms with E-state index in [1.165, 1.54) is 0 Å². The molecule has 0 aliphatic rings. The molecule has 1 heterocycles. The Morgan fingerprint density at radius 1 is 0.906 bits per heavy atom. The Hall–Kier alpha value is -3.60. The standard InChI is InChI=1S/C27H29N3O2/c1-5-29(6-2)20-12-13-23(19(4)16-20)28-26(31)17-30-24-10-8-7-9-21(24)27(32)22-15-18(3)11-14-25(22)30/h7-16H,5-6,17H2,1-4H3,(H,28,31). The molecule has 0 saturated heterocycles. The van der Waals surface area contributed by atoms with E-state index in [2.05, 4.69) is 30.1 Å². The van der Waals surface area contributed by atoms with E-state index in [9.17, 15) is 9.59 Å². The molecule has 0 unspecified atom stereocenters. The zero-order valence-corrected chi connectivity index (χ0v) is 19.1. The lowest BCUT2D eigenvalue weighted by Crippen LogP contribution is -2.23. The lowest BCUT2D eigenvalue weighted by molar-refractivity contribution is -0.116. The van der Waals surface area contributed by atoms with Crippen molar-refractivity contribution in [1.29, 1.82) is 0 Å². The van der Waals surface area contributed by atoms with Crippen molar-refractivity contribution in [3.8, 4) is 0 Å². The molecular weight excluding hydrogens is 398 g/mol. The number of amides is 1. The fraction of sp³-hybridized carbons (Fsp3) is 0.259. The number of anilines is 2. The molecule has 0 aliphatic carbocycles. The first-order chi connectivity index (χ1) is 15.4. The van der Waals surface area contributed by atoms with Gasteiger partial charge in [0.2, 0.25) is 5.91 Å². The van der Waals surface area contributed by atoms with Crippen LogP contribution in [0, 0.1) is 13.8 Å². The highest BCUT2D eigenvalue weighted by atomic mass is 16.2. The van der Waals surface area contributed by atoms with Crippen LogP contribution in [-0.2, 0) is 11.3 Å². The van der Waals surface area contributed by atoms with Gasteiger partial charge in [0.15, 0.2) is 5.43 Å². The van der Waals surface area contributed by atoms with Crippen molar-refractivity contribution in [2.24, 2.45) is 0 Å². The van der Waals surface area contributed by atoms with E-state index in [0.29, 0.717) is 10.8 Å². The van der Waals surface area contributed by atoms with Gasteiger partial charge in [-0.05, 0) is 75.7 Å². The molecule has 0 saturated carbocycles. The fourth-order valence-corrected chi connectivity index (χ4v) is 4.32. The van der Waals surface area contributed by atoms with Crippen LogP contribution in [-0.4, -0.2) is 23.6 Å². The second kappa shape index (κ2) is 8.87. The Bertz CT molecular complexity index is 1370. The summed E-state index contributed by atoms with van der Waals surface area (Å²) in [6, 6.07) is 19.4. The van der Waals surface area contributed by atoms with Gasteiger partial charge in [-0.15, -0.1) is 0 Å². The van der Waals surface area contributed by atoms with Gasteiger partial charge in [-0.1, -0.05) is 23.8 Å². The molecule has 5 nitrogen and oxygen atoms in total. The average Bonchev–Trinajstić information content (AvgIpc) is 2.79. The van der Waals surface area contributed by atoms with Crippen molar-refractivity contribution >= 4 is 39.1 Å². The number of carbonyl (C=O) groups is 1. The maximum absolute atomic E-state index is 13.1. The monoisotopic (exact) mass is 427 g/mol. The number of hydrogen-bond acceptors (Lipinski definition) is 3. The summed E-state index contributed by atoms with van der Waals surface area (Å²) in [7, 11) is 0. The summed E-state index contributed by atoms with van der Waals surface area (Å²) in [6.45, 7) is 10.2. The molecule has 4 rings (SSSR count). The molecule has 32 heavy (non-hydrogen) atoms. The van der Waals surface area contributed by atoms with Gasteiger partial charge < -0.3 is 14.8 Å². The largest absolute Gasteiger partial charge is 0.372 e. The molecule has 1 amide bonds. The highest BCUT2D eigenvalue weighted by Gasteiger charge is 2.14. The number of hydrogen-bond donors (Lipinski definition) is 1. The third-order valence-electron chi connectivity index (χ3n) is 6.04. The molecule has 3 aromatic carbocycles. The zero-order valence-electron chi connectivity index (χ0n) is 19.1. The Labute approximate surface area is 188 Å². The first kappa shape index (κ1) is 21.6. The summed E-state index contributed by atoms with van der Waals surface area (Å²) >= 11 is 0. The molecule has 0 radical (unpaired) electrons. The molecule has 164 valence electrons. The average molecular weight is 428 g/mol. The van der Waals surface area contributed by atoms with Crippen LogP contribution in [0.3, 0.4) is 0 Å². The van der Waals surface area contributed by atoms with E-state index in [4.69, 9.17) is 0 Å². The number of carbonyl (C=O) groups excluding carboxylic acids is 1. The lowest BCUT2D eigenvalue weighted by atomic mass is 10.1. The maximum atomic E-state index is 13.1. The van der Waals surface area contributed by atoms with Gasteiger partial charge >= 0.3 is 0 Å². The minimum Gasteiger partial charge on any atom is -0.372 e. The first-order valence-corrected chi connectivity index (χ1v) is 11.1. The second-order valence-corrected chi connectivity index (χ2v) is 8.17. The molecule has 0 aliphatic heterocycles. The third kappa shape index (κ3) is 3.98. The quantitative estimate of drug-likeness (QED) is 0.427. The van der Waals surface area contributed by atoms with Gasteiger partial charge in [0.25, 0.3) is 0 Å². The minimum absolute atomic E-state index is 0.00112. The maximum Gasteiger partial charge on any atom is 0.244 e. The van der Waals surface area contributed by atoms with Crippen LogP contribution in [0.15, 0.2) is 65.5 Å². The molecule has 0 spiro atoms. The van der Waals surface area contributed by atoms with Crippen molar-refractivity contribution in [2.75, 3.05) is 23.3 Å². The second-order valence-electron chi connectivity index (χ2n) is 8.17. The smallest absolute Gasteiger partial charge is 0.244 e. The molecule has 1 aromatic heterocycles. The highest BCUT2D eigenvalue weighted by Crippen LogP contribution is 2.24. The molecular formula is C27H29N3O2. The number of nitrogens with one attached hydrogen (secondary N) is 1. The topological polar surface area (TPSA) is 54.3 Å². The molecule has 0 atom stereocenters. The third-order valence-corrected chi connectivity index (χ3v) is 6.04. The number of pyridine rings is 1. The number of nitrogens with zero attached hydrogens (tertiary/aromatic N) is 2. The van der Waals surface area contributed by atoms with Gasteiger partial charge in [-0.25, -0.2) is 0 Å². The van der Waals surface area contributed by atoms with Crippen molar-refractivity contribution in [3.63, 3.8) is 0 Å². The van der Waals surface area contributed by atoms with E-state index in [-0.39, 0.29) is 17.9 Å². The van der Waals surface area contributed by atoms with E-state index in [1.807, 2.05) is 73.0 Å². The van der Waals surface area contributed by atoms with Crippen LogP contribution < -0.4 is 15.6 Å². The van der Waals surface area contributed by atoms with E-state index in [1.54, 1.807) is 0 Å².